The molecular weight excluding hydrogens is 336 g/mol. The Labute approximate surface area is 159 Å². The third kappa shape index (κ3) is 4.52. The minimum absolute atomic E-state index is 0.0102. The molecule has 0 spiro atoms. The third-order valence-corrected chi connectivity index (χ3v) is 4.37. The second-order valence-electron chi connectivity index (χ2n) is 6.45. The number of carbonyl (C=O) groups excluding carboxylic acids is 1. The van der Waals surface area contributed by atoms with E-state index in [0.717, 1.165) is 33.4 Å². The molecular formula is C24H22O3. The smallest absolute Gasteiger partial charge is 0.333 e. The summed E-state index contributed by atoms with van der Waals surface area (Å²) in [5.74, 6) is -0.401. The van der Waals surface area contributed by atoms with Crippen molar-refractivity contribution in [2.24, 2.45) is 0 Å². The highest BCUT2D eigenvalue weighted by molar-refractivity contribution is 5.87. The number of rotatable bonds is 6. The number of ether oxygens (including phenoxy) is 1. The average molecular weight is 358 g/mol. The van der Waals surface area contributed by atoms with E-state index in [2.05, 4.69) is 30.8 Å². The van der Waals surface area contributed by atoms with E-state index in [0.29, 0.717) is 5.57 Å². The van der Waals surface area contributed by atoms with Gasteiger partial charge in [0.2, 0.25) is 0 Å². The normalized spacial score (nSPS) is 10.4. The Balaban J connectivity index is 2.00. The van der Waals surface area contributed by atoms with Crippen molar-refractivity contribution in [2.75, 3.05) is 0 Å². The highest BCUT2D eigenvalue weighted by atomic mass is 16.5. The average Bonchev–Trinajstić information content (AvgIpc) is 2.72. The summed E-state index contributed by atoms with van der Waals surface area (Å²) in [6, 6.07) is 24.0. The Hall–Kier alpha value is -3.17. The van der Waals surface area contributed by atoms with Crippen LogP contribution in [0.25, 0.3) is 22.3 Å². The quantitative estimate of drug-likeness (QED) is 0.491. The van der Waals surface area contributed by atoms with Crippen LogP contribution in [0.4, 0.5) is 0 Å². The summed E-state index contributed by atoms with van der Waals surface area (Å²) in [6.45, 7) is 5.45. The fourth-order valence-electron chi connectivity index (χ4n) is 2.86. The third-order valence-electron chi connectivity index (χ3n) is 4.37. The molecule has 3 nitrogen and oxygen atoms in total. The lowest BCUT2D eigenvalue weighted by Crippen LogP contribution is -2.06. The lowest BCUT2D eigenvalue weighted by molar-refractivity contribution is -0.140. The molecule has 0 unspecified atom stereocenters. The van der Waals surface area contributed by atoms with Gasteiger partial charge in [0.15, 0.2) is 0 Å². The maximum atomic E-state index is 11.9. The first-order valence-corrected chi connectivity index (χ1v) is 8.79. The predicted molar refractivity (Wildman–Crippen MR) is 108 cm³/mol. The van der Waals surface area contributed by atoms with Crippen LogP contribution in [-0.4, -0.2) is 11.1 Å². The van der Waals surface area contributed by atoms with E-state index in [4.69, 9.17) is 4.74 Å². The van der Waals surface area contributed by atoms with Crippen molar-refractivity contribution in [2.45, 2.75) is 20.1 Å². The van der Waals surface area contributed by atoms with Crippen molar-refractivity contribution in [1.29, 1.82) is 0 Å². The monoisotopic (exact) mass is 358 g/mol. The molecule has 0 aromatic heterocycles. The van der Waals surface area contributed by atoms with Crippen LogP contribution in [0.3, 0.4) is 0 Å². The van der Waals surface area contributed by atoms with Crippen LogP contribution >= 0.6 is 0 Å². The maximum absolute atomic E-state index is 11.9. The molecule has 0 atom stereocenters. The van der Waals surface area contributed by atoms with Crippen LogP contribution in [0, 0.1) is 0 Å². The van der Waals surface area contributed by atoms with Gasteiger partial charge in [-0.1, -0.05) is 73.3 Å². The van der Waals surface area contributed by atoms with E-state index < -0.39 is 5.97 Å². The molecule has 0 fully saturated rings. The second kappa shape index (κ2) is 8.47. The Morgan fingerprint density at radius 3 is 2.22 bits per heavy atom. The zero-order chi connectivity index (χ0) is 19.2. The Bertz CT molecular complexity index is 941. The predicted octanol–water partition coefficient (Wildman–Crippen LogP) is 5.13. The van der Waals surface area contributed by atoms with E-state index in [1.807, 2.05) is 48.5 Å². The molecule has 0 aliphatic carbocycles. The van der Waals surface area contributed by atoms with Gasteiger partial charge >= 0.3 is 5.97 Å². The number of benzene rings is 3. The van der Waals surface area contributed by atoms with E-state index in [-0.39, 0.29) is 13.2 Å². The first kappa shape index (κ1) is 18.6. The van der Waals surface area contributed by atoms with Crippen molar-refractivity contribution in [3.8, 4) is 22.3 Å². The van der Waals surface area contributed by atoms with Crippen LogP contribution in [0.2, 0.25) is 0 Å². The summed E-state index contributed by atoms with van der Waals surface area (Å²) >= 11 is 0. The second-order valence-corrected chi connectivity index (χ2v) is 6.45. The van der Waals surface area contributed by atoms with E-state index in [9.17, 15) is 9.90 Å². The Morgan fingerprint density at radius 1 is 0.926 bits per heavy atom. The van der Waals surface area contributed by atoms with Gasteiger partial charge in [-0.25, -0.2) is 4.79 Å². The molecule has 0 amide bonds. The molecule has 0 radical (unpaired) electrons. The van der Waals surface area contributed by atoms with E-state index in [1.165, 1.54) is 0 Å². The minimum Gasteiger partial charge on any atom is -0.457 e. The fourth-order valence-corrected chi connectivity index (χ4v) is 2.86. The van der Waals surface area contributed by atoms with Crippen molar-refractivity contribution >= 4 is 5.97 Å². The van der Waals surface area contributed by atoms with Gasteiger partial charge in [0, 0.05) is 5.57 Å². The largest absolute Gasteiger partial charge is 0.457 e. The molecule has 136 valence electrons. The van der Waals surface area contributed by atoms with Gasteiger partial charge in [-0.15, -0.1) is 0 Å². The first-order valence-electron chi connectivity index (χ1n) is 8.79. The van der Waals surface area contributed by atoms with Crippen LogP contribution in [0.15, 0.2) is 84.9 Å². The molecule has 0 saturated heterocycles. The van der Waals surface area contributed by atoms with Crippen LogP contribution < -0.4 is 0 Å². The summed E-state index contributed by atoms with van der Waals surface area (Å²) in [7, 11) is 0. The van der Waals surface area contributed by atoms with Crippen LogP contribution in [0.1, 0.15) is 18.1 Å². The highest BCUT2D eigenvalue weighted by Crippen LogP contribution is 2.30. The molecule has 0 saturated carbocycles. The minimum atomic E-state index is -0.401. The molecule has 1 N–H and O–H groups in total. The standard InChI is InChI=1S/C24H22O3/c1-17(2)24(26)27-16-22-14-21(19-6-4-3-5-7-19)12-13-23(22)20-10-8-18(15-25)9-11-20/h3-14,25H,1,15-16H2,2H3. The van der Waals surface area contributed by atoms with Crippen molar-refractivity contribution in [1.82, 2.24) is 0 Å². The summed E-state index contributed by atoms with van der Waals surface area (Å²) < 4.78 is 5.41. The number of carbonyl (C=O) groups is 1. The topological polar surface area (TPSA) is 46.5 Å². The van der Waals surface area contributed by atoms with Crippen LogP contribution in [-0.2, 0) is 22.7 Å². The zero-order valence-electron chi connectivity index (χ0n) is 15.3. The van der Waals surface area contributed by atoms with Gasteiger partial charge in [-0.05, 0) is 46.4 Å². The SMILES string of the molecule is C=C(C)C(=O)OCc1cc(-c2ccccc2)ccc1-c1ccc(CO)cc1. The van der Waals surface area contributed by atoms with Crippen molar-refractivity contribution < 1.29 is 14.6 Å². The number of aliphatic hydroxyl groups is 1. The number of esters is 1. The summed E-state index contributed by atoms with van der Waals surface area (Å²) in [5, 5.41) is 9.25. The van der Waals surface area contributed by atoms with E-state index in [1.54, 1.807) is 6.92 Å². The number of aliphatic hydroxyl groups excluding tert-OH is 1. The first-order chi connectivity index (χ1) is 13.1. The molecule has 0 heterocycles. The summed E-state index contributed by atoms with van der Waals surface area (Å²) in [6.07, 6.45) is 0. The number of hydrogen-bond donors (Lipinski definition) is 1. The molecule has 3 aromatic rings. The Morgan fingerprint density at radius 2 is 1.59 bits per heavy atom. The molecule has 3 heteroatoms. The maximum Gasteiger partial charge on any atom is 0.333 e. The van der Waals surface area contributed by atoms with Gasteiger partial charge < -0.3 is 9.84 Å². The van der Waals surface area contributed by atoms with Gasteiger partial charge in [0.05, 0.1) is 6.61 Å². The van der Waals surface area contributed by atoms with Crippen LogP contribution in [0.5, 0.6) is 0 Å². The molecule has 27 heavy (non-hydrogen) atoms. The summed E-state index contributed by atoms with van der Waals surface area (Å²) in [4.78, 5) is 11.9. The zero-order valence-corrected chi connectivity index (χ0v) is 15.3. The lowest BCUT2D eigenvalue weighted by Gasteiger charge is -2.14. The van der Waals surface area contributed by atoms with E-state index >= 15 is 0 Å². The molecule has 3 aromatic carbocycles. The van der Waals surface area contributed by atoms with Gasteiger partial charge in [-0.3, -0.25) is 0 Å². The number of hydrogen-bond acceptors (Lipinski definition) is 3. The summed E-state index contributed by atoms with van der Waals surface area (Å²) in [5.41, 5.74) is 6.32. The van der Waals surface area contributed by atoms with Crippen molar-refractivity contribution in [3.63, 3.8) is 0 Å². The Kier molecular flexibility index (Phi) is 5.84. The molecule has 0 aliphatic rings. The highest BCUT2D eigenvalue weighted by Gasteiger charge is 2.11. The molecule has 3 rings (SSSR count). The lowest BCUT2D eigenvalue weighted by atomic mass is 9.95. The van der Waals surface area contributed by atoms with Gasteiger partial charge in [0.25, 0.3) is 0 Å². The van der Waals surface area contributed by atoms with Gasteiger partial charge in [0.1, 0.15) is 6.61 Å². The molecule has 0 bridgehead atoms. The van der Waals surface area contributed by atoms with Gasteiger partial charge in [-0.2, -0.15) is 0 Å². The molecule has 0 aliphatic heterocycles. The fraction of sp³-hybridized carbons (Fsp3) is 0.125. The van der Waals surface area contributed by atoms with Crippen molar-refractivity contribution in [3.05, 3.63) is 96.1 Å².